The third-order valence-electron chi connectivity index (χ3n) is 4.28. The molecule has 1 aromatic heterocycles. The van der Waals surface area contributed by atoms with Gasteiger partial charge in [-0.1, -0.05) is 23.2 Å². The molecule has 11 heteroatoms. The number of aromatic nitrogens is 1. The van der Waals surface area contributed by atoms with Crippen molar-refractivity contribution in [1.29, 1.82) is 0 Å². The van der Waals surface area contributed by atoms with Gasteiger partial charge in [-0.2, -0.15) is 4.72 Å². The van der Waals surface area contributed by atoms with Crippen LogP contribution >= 0.6 is 23.2 Å². The molecule has 1 aromatic carbocycles. The van der Waals surface area contributed by atoms with Gasteiger partial charge >= 0.3 is 0 Å². The number of morpholine rings is 1. The molecular weight excluding hydrogens is 439 g/mol. The molecule has 1 atom stereocenters. The number of benzene rings is 1. The number of sulfonamides is 1. The van der Waals surface area contributed by atoms with Crippen molar-refractivity contribution in [3.05, 3.63) is 46.6 Å². The minimum atomic E-state index is -3.95. The fourth-order valence-electron chi connectivity index (χ4n) is 2.69. The number of nitrogens with one attached hydrogen (secondary N) is 2. The summed E-state index contributed by atoms with van der Waals surface area (Å²) in [5.74, 6) is 0.272. The van der Waals surface area contributed by atoms with Gasteiger partial charge in [0.15, 0.2) is 0 Å². The maximum Gasteiger partial charge on any atom is 0.242 e. The van der Waals surface area contributed by atoms with Crippen LogP contribution in [0.5, 0.6) is 0 Å². The zero-order chi connectivity index (χ0) is 21.0. The van der Waals surface area contributed by atoms with Gasteiger partial charge in [0.2, 0.25) is 15.9 Å². The Balaban J connectivity index is 1.61. The fourth-order valence-corrected chi connectivity index (χ4v) is 4.28. The largest absolute Gasteiger partial charge is 0.378 e. The first-order valence-corrected chi connectivity index (χ1v) is 11.1. The molecule has 2 N–H and O–H groups in total. The Morgan fingerprint density at radius 1 is 1.17 bits per heavy atom. The highest BCUT2D eigenvalue weighted by Crippen LogP contribution is 2.25. The predicted octanol–water partition coefficient (Wildman–Crippen LogP) is 2.53. The summed E-state index contributed by atoms with van der Waals surface area (Å²) in [5.41, 5.74) is 0.465. The van der Waals surface area contributed by atoms with Crippen LogP contribution in [-0.2, 0) is 19.6 Å². The average molecular weight is 459 g/mol. The summed E-state index contributed by atoms with van der Waals surface area (Å²) in [4.78, 5) is 18.7. The lowest BCUT2D eigenvalue weighted by Crippen LogP contribution is -2.41. The van der Waals surface area contributed by atoms with Crippen LogP contribution < -0.4 is 14.9 Å². The Morgan fingerprint density at radius 2 is 1.90 bits per heavy atom. The molecule has 1 aliphatic rings. The van der Waals surface area contributed by atoms with Crippen molar-refractivity contribution < 1.29 is 17.9 Å². The van der Waals surface area contributed by atoms with Crippen molar-refractivity contribution >= 4 is 50.6 Å². The summed E-state index contributed by atoms with van der Waals surface area (Å²) < 4.78 is 32.6. The summed E-state index contributed by atoms with van der Waals surface area (Å²) in [6.07, 6.45) is 1.53. The van der Waals surface area contributed by atoms with Gasteiger partial charge in [-0.15, -0.1) is 0 Å². The summed E-state index contributed by atoms with van der Waals surface area (Å²) in [6.45, 7) is 4.26. The highest BCUT2D eigenvalue weighted by atomic mass is 35.5. The molecule has 0 radical (unpaired) electrons. The normalized spacial score (nSPS) is 15.8. The number of anilines is 2. The number of amides is 1. The van der Waals surface area contributed by atoms with Gasteiger partial charge in [0.1, 0.15) is 5.82 Å². The van der Waals surface area contributed by atoms with Crippen LogP contribution in [0.3, 0.4) is 0 Å². The zero-order valence-corrected chi connectivity index (χ0v) is 17.9. The lowest BCUT2D eigenvalue weighted by Gasteiger charge is -2.27. The van der Waals surface area contributed by atoms with E-state index in [2.05, 4.69) is 19.9 Å². The van der Waals surface area contributed by atoms with Crippen molar-refractivity contribution in [2.24, 2.45) is 0 Å². The van der Waals surface area contributed by atoms with E-state index in [-0.39, 0.29) is 14.9 Å². The van der Waals surface area contributed by atoms with E-state index in [4.69, 9.17) is 27.9 Å². The van der Waals surface area contributed by atoms with Gasteiger partial charge in [-0.3, -0.25) is 4.79 Å². The lowest BCUT2D eigenvalue weighted by molar-refractivity contribution is -0.117. The number of hydrogen-bond donors (Lipinski definition) is 2. The molecule has 3 rings (SSSR count). The molecule has 2 aromatic rings. The number of carbonyl (C=O) groups is 1. The van der Waals surface area contributed by atoms with E-state index in [1.54, 1.807) is 12.1 Å². The second kappa shape index (κ2) is 9.27. The van der Waals surface area contributed by atoms with Gasteiger partial charge in [-0.05, 0) is 37.3 Å². The van der Waals surface area contributed by atoms with E-state index in [1.807, 2.05) is 0 Å². The van der Waals surface area contributed by atoms with Crippen LogP contribution in [0.1, 0.15) is 6.92 Å². The molecule has 1 aliphatic heterocycles. The Kier molecular flexibility index (Phi) is 6.97. The van der Waals surface area contributed by atoms with Gasteiger partial charge in [0.25, 0.3) is 0 Å². The molecule has 8 nitrogen and oxygen atoms in total. The molecule has 1 fully saturated rings. The second-order valence-electron chi connectivity index (χ2n) is 6.41. The number of carbonyl (C=O) groups excluding carboxylic acids is 1. The molecule has 1 saturated heterocycles. The Morgan fingerprint density at radius 3 is 2.52 bits per heavy atom. The van der Waals surface area contributed by atoms with Crippen LogP contribution in [0.2, 0.25) is 10.0 Å². The zero-order valence-electron chi connectivity index (χ0n) is 15.6. The maximum absolute atomic E-state index is 12.5. The van der Waals surface area contributed by atoms with E-state index >= 15 is 0 Å². The summed E-state index contributed by atoms with van der Waals surface area (Å²) >= 11 is 11.7. The third kappa shape index (κ3) is 5.58. The summed E-state index contributed by atoms with van der Waals surface area (Å²) in [6, 6.07) is 6.42. The molecule has 2 heterocycles. The number of hydrogen-bond acceptors (Lipinski definition) is 6. The minimum absolute atomic E-state index is 0.0805. The number of nitrogens with zero attached hydrogens (tertiary/aromatic N) is 2. The van der Waals surface area contributed by atoms with Crippen molar-refractivity contribution in [2.45, 2.75) is 17.9 Å². The molecule has 29 heavy (non-hydrogen) atoms. The maximum atomic E-state index is 12.5. The van der Waals surface area contributed by atoms with Crippen LogP contribution in [0.4, 0.5) is 11.5 Å². The molecule has 0 spiro atoms. The molecule has 0 aliphatic carbocycles. The van der Waals surface area contributed by atoms with Crippen molar-refractivity contribution in [3.63, 3.8) is 0 Å². The van der Waals surface area contributed by atoms with Crippen molar-refractivity contribution in [2.75, 3.05) is 36.5 Å². The molecule has 0 saturated carbocycles. The topological polar surface area (TPSA) is 101 Å². The van der Waals surface area contributed by atoms with E-state index < -0.39 is 22.0 Å². The highest BCUT2D eigenvalue weighted by Gasteiger charge is 2.23. The van der Waals surface area contributed by atoms with E-state index in [0.717, 1.165) is 18.9 Å². The standard InChI is InChI=1S/C18H20Cl2N4O4S/c1-12(23-29(26,27)14-3-4-15(19)16(20)10-14)18(25)22-13-2-5-17(21-11-13)24-6-8-28-9-7-24/h2-5,10-12,23H,6-9H2,1H3,(H,22,25)/t12-/m0/s1. The van der Waals surface area contributed by atoms with Crippen LogP contribution in [0.15, 0.2) is 41.4 Å². The van der Waals surface area contributed by atoms with Gasteiger partial charge in [0.05, 0.1) is 46.1 Å². The number of halogens is 2. The highest BCUT2D eigenvalue weighted by molar-refractivity contribution is 7.89. The Bertz CT molecular complexity index is 980. The first kappa shape index (κ1) is 21.8. The van der Waals surface area contributed by atoms with Gasteiger partial charge in [0, 0.05) is 13.1 Å². The molecular formula is C18H20Cl2N4O4S. The Hall–Kier alpha value is -1.91. The molecule has 0 unspecified atom stereocenters. The number of ether oxygens (including phenoxy) is 1. The SMILES string of the molecule is C[C@H](NS(=O)(=O)c1ccc(Cl)c(Cl)c1)C(=O)Nc1ccc(N2CCOCC2)nc1. The molecule has 0 bridgehead atoms. The second-order valence-corrected chi connectivity index (χ2v) is 8.94. The van der Waals surface area contributed by atoms with Crippen molar-refractivity contribution in [3.8, 4) is 0 Å². The summed E-state index contributed by atoms with van der Waals surface area (Å²) in [5, 5.41) is 3.00. The monoisotopic (exact) mass is 458 g/mol. The van der Waals surface area contributed by atoms with Crippen LogP contribution in [-0.4, -0.2) is 51.7 Å². The van der Waals surface area contributed by atoms with Gasteiger partial charge < -0.3 is 15.0 Å². The minimum Gasteiger partial charge on any atom is -0.378 e. The Labute approximate surface area is 179 Å². The van der Waals surface area contributed by atoms with Crippen molar-refractivity contribution in [1.82, 2.24) is 9.71 Å². The fraction of sp³-hybridized carbons (Fsp3) is 0.333. The number of pyridine rings is 1. The van der Waals surface area contributed by atoms with Gasteiger partial charge in [-0.25, -0.2) is 13.4 Å². The quantitative estimate of drug-likeness (QED) is 0.689. The smallest absolute Gasteiger partial charge is 0.242 e. The van der Waals surface area contributed by atoms with E-state index in [9.17, 15) is 13.2 Å². The predicted molar refractivity (Wildman–Crippen MR) is 112 cm³/mol. The summed E-state index contributed by atoms with van der Waals surface area (Å²) in [7, 11) is -3.95. The molecule has 1 amide bonds. The van der Waals surface area contributed by atoms with E-state index in [1.165, 1.54) is 31.3 Å². The third-order valence-corrected chi connectivity index (χ3v) is 6.55. The molecule has 156 valence electrons. The lowest BCUT2D eigenvalue weighted by atomic mass is 10.3. The van der Waals surface area contributed by atoms with Crippen LogP contribution in [0, 0.1) is 0 Å². The number of rotatable bonds is 6. The average Bonchev–Trinajstić information content (AvgIpc) is 2.71. The first-order valence-electron chi connectivity index (χ1n) is 8.83. The van der Waals surface area contributed by atoms with E-state index in [0.29, 0.717) is 18.9 Å². The first-order chi connectivity index (χ1) is 13.8. The van der Waals surface area contributed by atoms with Crippen LogP contribution in [0.25, 0.3) is 0 Å².